The fourth-order valence-corrected chi connectivity index (χ4v) is 3.69. The highest BCUT2D eigenvalue weighted by molar-refractivity contribution is 7.07. The summed E-state index contributed by atoms with van der Waals surface area (Å²) in [5, 5.41) is 9.25. The number of hydrogen-bond donors (Lipinski definition) is 2. The number of amides is 2. The van der Waals surface area contributed by atoms with Crippen molar-refractivity contribution in [2.24, 2.45) is 0 Å². The predicted molar refractivity (Wildman–Crippen MR) is 108 cm³/mol. The van der Waals surface area contributed by atoms with Crippen LogP contribution in [-0.4, -0.2) is 31.2 Å². The summed E-state index contributed by atoms with van der Waals surface area (Å²) in [6.45, 7) is 1.67. The minimum atomic E-state index is -0.691. The van der Waals surface area contributed by atoms with Crippen LogP contribution in [0.15, 0.2) is 58.4 Å². The van der Waals surface area contributed by atoms with E-state index in [2.05, 4.69) is 10.6 Å². The standard InChI is InChI=1S/C21H22N2O5S/c1-2-27-20(25)18-16(12-28-17(24)9-8-14-10-11-29-13-14)22-21(26)23-19(18)15-6-4-3-5-7-15/h3-7,10-11,13,19H,2,8-9,12H2,1H3,(H2,22,23,26). The zero-order valence-corrected chi connectivity index (χ0v) is 16.8. The number of benzene rings is 1. The van der Waals surface area contributed by atoms with Gasteiger partial charge >= 0.3 is 18.0 Å². The van der Waals surface area contributed by atoms with Crippen molar-refractivity contribution in [1.29, 1.82) is 0 Å². The Bertz CT molecular complexity index is 893. The van der Waals surface area contributed by atoms with Crippen molar-refractivity contribution in [3.8, 4) is 0 Å². The van der Waals surface area contributed by atoms with E-state index >= 15 is 0 Å². The second-order valence-electron chi connectivity index (χ2n) is 6.35. The summed E-state index contributed by atoms with van der Waals surface area (Å²) < 4.78 is 10.5. The largest absolute Gasteiger partial charge is 0.463 e. The number of carbonyl (C=O) groups is 3. The van der Waals surface area contributed by atoms with Crippen LogP contribution in [0.3, 0.4) is 0 Å². The molecule has 2 N–H and O–H groups in total. The van der Waals surface area contributed by atoms with Crippen LogP contribution in [0.1, 0.15) is 30.5 Å². The lowest BCUT2D eigenvalue weighted by Crippen LogP contribution is -2.47. The highest BCUT2D eigenvalue weighted by atomic mass is 32.1. The van der Waals surface area contributed by atoms with Gasteiger partial charge in [-0.2, -0.15) is 11.3 Å². The molecule has 3 rings (SSSR count). The van der Waals surface area contributed by atoms with Crippen molar-refractivity contribution >= 4 is 29.3 Å². The van der Waals surface area contributed by atoms with Crippen LogP contribution >= 0.6 is 11.3 Å². The summed E-state index contributed by atoms with van der Waals surface area (Å²) in [4.78, 5) is 36.9. The summed E-state index contributed by atoms with van der Waals surface area (Å²) in [7, 11) is 0. The van der Waals surface area contributed by atoms with Crippen molar-refractivity contribution in [3.63, 3.8) is 0 Å². The van der Waals surface area contributed by atoms with E-state index in [1.54, 1.807) is 30.4 Å². The maximum absolute atomic E-state index is 12.6. The molecular formula is C21H22N2O5S. The number of nitrogens with one attached hydrogen (secondary N) is 2. The fourth-order valence-electron chi connectivity index (χ4n) is 2.98. The normalized spacial score (nSPS) is 16.0. The molecule has 1 aliphatic rings. The van der Waals surface area contributed by atoms with Crippen molar-refractivity contribution in [2.45, 2.75) is 25.8 Å². The highest BCUT2D eigenvalue weighted by Crippen LogP contribution is 2.27. The number of urea groups is 1. The van der Waals surface area contributed by atoms with E-state index in [-0.39, 0.29) is 30.9 Å². The predicted octanol–water partition coefficient (Wildman–Crippen LogP) is 3.10. The van der Waals surface area contributed by atoms with Gasteiger partial charge in [0.05, 0.1) is 23.9 Å². The third-order valence-electron chi connectivity index (χ3n) is 4.36. The number of aryl methyl sites for hydroxylation is 1. The molecule has 0 spiro atoms. The third-order valence-corrected chi connectivity index (χ3v) is 5.09. The number of rotatable bonds is 8. The van der Waals surface area contributed by atoms with Crippen molar-refractivity contribution in [2.75, 3.05) is 13.2 Å². The Morgan fingerprint density at radius 2 is 1.93 bits per heavy atom. The Kier molecular flexibility index (Phi) is 7.02. The lowest BCUT2D eigenvalue weighted by Gasteiger charge is -2.29. The van der Waals surface area contributed by atoms with Crippen LogP contribution < -0.4 is 10.6 Å². The lowest BCUT2D eigenvalue weighted by molar-refractivity contribution is -0.143. The average Bonchev–Trinajstić information content (AvgIpc) is 3.24. The topological polar surface area (TPSA) is 93.7 Å². The van der Waals surface area contributed by atoms with Gasteiger partial charge in [0.1, 0.15) is 6.61 Å². The number of hydrogen-bond acceptors (Lipinski definition) is 6. The summed E-state index contributed by atoms with van der Waals surface area (Å²) >= 11 is 1.57. The summed E-state index contributed by atoms with van der Waals surface area (Å²) in [5.74, 6) is -0.978. The molecule has 2 heterocycles. The number of thiophene rings is 1. The van der Waals surface area contributed by atoms with Gasteiger partial charge < -0.3 is 20.1 Å². The molecule has 0 saturated carbocycles. The average molecular weight is 414 g/mol. The van der Waals surface area contributed by atoms with Gasteiger partial charge in [-0.25, -0.2) is 9.59 Å². The van der Waals surface area contributed by atoms with Crippen LogP contribution in [-0.2, 0) is 25.5 Å². The minimum Gasteiger partial charge on any atom is -0.463 e. The van der Waals surface area contributed by atoms with Gasteiger partial charge in [-0.15, -0.1) is 0 Å². The molecule has 1 aromatic carbocycles. The molecule has 1 atom stereocenters. The van der Waals surface area contributed by atoms with Gasteiger partial charge in [0.25, 0.3) is 0 Å². The molecule has 0 saturated heterocycles. The van der Waals surface area contributed by atoms with Crippen LogP contribution in [0.4, 0.5) is 4.79 Å². The Balaban J connectivity index is 1.77. The SMILES string of the molecule is CCOC(=O)C1=C(COC(=O)CCc2ccsc2)NC(=O)NC1c1ccccc1. The molecule has 0 radical (unpaired) electrons. The number of esters is 2. The number of carbonyl (C=O) groups excluding carboxylic acids is 3. The smallest absolute Gasteiger partial charge is 0.338 e. The molecule has 1 unspecified atom stereocenters. The monoisotopic (exact) mass is 414 g/mol. The molecule has 1 aromatic heterocycles. The van der Waals surface area contributed by atoms with Crippen molar-refractivity contribution in [3.05, 3.63) is 69.6 Å². The Morgan fingerprint density at radius 1 is 1.14 bits per heavy atom. The second-order valence-corrected chi connectivity index (χ2v) is 7.13. The quantitative estimate of drug-likeness (QED) is 0.648. The molecule has 0 aliphatic carbocycles. The third kappa shape index (κ3) is 5.45. The molecule has 0 fully saturated rings. The fraction of sp³-hybridized carbons (Fsp3) is 0.286. The zero-order valence-electron chi connectivity index (χ0n) is 16.0. The molecule has 152 valence electrons. The molecule has 0 bridgehead atoms. The molecule has 2 aromatic rings. The van der Waals surface area contributed by atoms with E-state index in [0.29, 0.717) is 6.42 Å². The summed E-state index contributed by atoms with van der Waals surface area (Å²) in [6.07, 6.45) is 0.791. The van der Waals surface area contributed by atoms with Gasteiger partial charge in [-0.3, -0.25) is 4.79 Å². The first-order chi connectivity index (χ1) is 14.1. The molecule has 8 heteroatoms. The van der Waals surface area contributed by atoms with E-state index < -0.39 is 24.0 Å². The maximum Gasteiger partial charge on any atom is 0.338 e. The van der Waals surface area contributed by atoms with Crippen LogP contribution in [0.5, 0.6) is 0 Å². The first kappa shape index (κ1) is 20.6. The Labute approximate surface area is 172 Å². The first-order valence-corrected chi connectivity index (χ1v) is 10.2. The van der Waals surface area contributed by atoms with Crippen molar-refractivity contribution < 1.29 is 23.9 Å². The molecular weight excluding hydrogens is 392 g/mol. The Morgan fingerprint density at radius 3 is 2.62 bits per heavy atom. The summed E-state index contributed by atoms with van der Waals surface area (Å²) in [5.41, 5.74) is 2.25. The minimum absolute atomic E-state index is 0.186. The van der Waals surface area contributed by atoms with Crippen LogP contribution in [0, 0.1) is 0 Å². The van der Waals surface area contributed by atoms with E-state index in [4.69, 9.17) is 9.47 Å². The number of ether oxygens (including phenoxy) is 2. The molecule has 2 amide bonds. The van der Waals surface area contributed by atoms with Gasteiger partial charge in [0.15, 0.2) is 0 Å². The van der Waals surface area contributed by atoms with E-state index in [1.165, 1.54) is 0 Å². The van der Waals surface area contributed by atoms with E-state index in [1.807, 2.05) is 35.0 Å². The highest BCUT2D eigenvalue weighted by Gasteiger charge is 2.34. The summed E-state index contributed by atoms with van der Waals surface area (Å²) in [6, 6.07) is 9.87. The second kappa shape index (κ2) is 9.88. The molecule has 1 aliphatic heterocycles. The van der Waals surface area contributed by atoms with Gasteiger partial charge in [-0.1, -0.05) is 30.3 Å². The van der Waals surface area contributed by atoms with Crippen LogP contribution in [0.25, 0.3) is 0 Å². The molecule has 7 nitrogen and oxygen atoms in total. The van der Waals surface area contributed by atoms with Crippen LogP contribution in [0.2, 0.25) is 0 Å². The van der Waals surface area contributed by atoms with Gasteiger partial charge in [0.2, 0.25) is 0 Å². The first-order valence-electron chi connectivity index (χ1n) is 9.27. The maximum atomic E-state index is 12.6. The van der Waals surface area contributed by atoms with Gasteiger partial charge in [-0.05, 0) is 41.3 Å². The Hall–Kier alpha value is -3.13. The molecule has 29 heavy (non-hydrogen) atoms. The van der Waals surface area contributed by atoms with Gasteiger partial charge in [0, 0.05) is 6.42 Å². The van der Waals surface area contributed by atoms with E-state index in [0.717, 1.165) is 11.1 Å². The van der Waals surface area contributed by atoms with E-state index in [9.17, 15) is 14.4 Å². The lowest BCUT2D eigenvalue weighted by atomic mass is 9.95. The zero-order chi connectivity index (χ0) is 20.6. The van der Waals surface area contributed by atoms with Crippen molar-refractivity contribution in [1.82, 2.24) is 10.6 Å².